The van der Waals surface area contributed by atoms with E-state index < -0.39 is 0 Å². The quantitative estimate of drug-likeness (QED) is 0.176. The Kier molecular flexibility index (Phi) is 11.7. The largest absolute Gasteiger partial charge is 0.501 e. The zero-order valence-electron chi connectivity index (χ0n) is 15.8. The lowest BCUT2D eigenvalue weighted by atomic mass is 9.96. The van der Waals surface area contributed by atoms with E-state index in [-0.39, 0.29) is 5.91 Å². The zero-order chi connectivity index (χ0) is 19.4. The normalized spacial score (nSPS) is 18.1. The Morgan fingerprint density at radius 1 is 1.35 bits per heavy atom. The van der Waals surface area contributed by atoms with E-state index in [2.05, 4.69) is 26.1 Å². The summed E-state index contributed by atoms with van der Waals surface area (Å²) in [6.07, 6.45) is 9.29. The van der Waals surface area contributed by atoms with Crippen molar-refractivity contribution in [2.24, 2.45) is 11.7 Å². The van der Waals surface area contributed by atoms with Crippen molar-refractivity contribution in [3.05, 3.63) is 34.7 Å². The highest BCUT2D eigenvalue weighted by atomic mass is 79.9. The molecule has 0 aromatic carbocycles. The molecule has 1 rings (SSSR count). The number of halogens is 2. The minimum atomic E-state index is -0.150. The van der Waals surface area contributed by atoms with Gasteiger partial charge in [-0.15, -0.1) is 0 Å². The average molecular weight is 449 g/mol. The maximum absolute atomic E-state index is 12.0. The van der Waals surface area contributed by atoms with Gasteiger partial charge in [0.1, 0.15) is 0 Å². The number of carbonyl (C=O) groups excluding carboxylic acids is 1. The first-order chi connectivity index (χ1) is 12.5. The van der Waals surface area contributed by atoms with Gasteiger partial charge in [0.05, 0.1) is 23.6 Å². The van der Waals surface area contributed by atoms with Crippen LogP contribution in [0.2, 0.25) is 0 Å². The molecule has 0 bridgehead atoms. The van der Waals surface area contributed by atoms with Gasteiger partial charge in [-0.3, -0.25) is 4.79 Å². The van der Waals surface area contributed by atoms with Crippen LogP contribution in [0.5, 0.6) is 0 Å². The van der Waals surface area contributed by atoms with Crippen molar-refractivity contribution >= 4 is 33.4 Å². The second-order valence-corrected chi connectivity index (χ2v) is 7.72. The van der Waals surface area contributed by atoms with E-state index in [4.69, 9.17) is 22.1 Å². The average Bonchev–Trinajstić information content (AvgIpc) is 2.65. The SMILES string of the molecule is CO/C(C)=C/C(N)=C(Cl)\C=C\C(=O)NCC1CCN(CCCCBr)CC1. The summed E-state index contributed by atoms with van der Waals surface area (Å²) in [5.41, 5.74) is 6.19. The van der Waals surface area contributed by atoms with Crippen LogP contribution in [0.4, 0.5) is 0 Å². The third-order valence-electron chi connectivity index (χ3n) is 4.47. The predicted molar refractivity (Wildman–Crippen MR) is 112 cm³/mol. The number of piperidine rings is 1. The molecule has 1 amide bonds. The zero-order valence-corrected chi connectivity index (χ0v) is 18.1. The minimum absolute atomic E-state index is 0.150. The van der Waals surface area contributed by atoms with Crippen molar-refractivity contribution in [3.63, 3.8) is 0 Å². The van der Waals surface area contributed by atoms with Gasteiger partial charge in [0.2, 0.25) is 5.91 Å². The molecule has 26 heavy (non-hydrogen) atoms. The van der Waals surface area contributed by atoms with E-state index in [0.29, 0.717) is 29.0 Å². The molecule has 7 heteroatoms. The van der Waals surface area contributed by atoms with Gasteiger partial charge in [-0.05, 0) is 70.3 Å². The van der Waals surface area contributed by atoms with Crippen LogP contribution < -0.4 is 11.1 Å². The van der Waals surface area contributed by atoms with Crippen molar-refractivity contribution in [1.82, 2.24) is 10.2 Å². The molecule has 0 saturated carbocycles. The topological polar surface area (TPSA) is 67.6 Å². The van der Waals surface area contributed by atoms with E-state index >= 15 is 0 Å². The Bertz CT molecular complexity index is 527. The number of nitrogens with one attached hydrogen (secondary N) is 1. The van der Waals surface area contributed by atoms with Gasteiger partial charge in [-0.25, -0.2) is 0 Å². The van der Waals surface area contributed by atoms with E-state index in [9.17, 15) is 4.79 Å². The van der Waals surface area contributed by atoms with Crippen LogP contribution in [0, 0.1) is 5.92 Å². The molecule has 1 fully saturated rings. The van der Waals surface area contributed by atoms with Gasteiger partial charge in [0, 0.05) is 18.0 Å². The summed E-state index contributed by atoms with van der Waals surface area (Å²) in [5, 5.41) is 4.35. The van der Waals surface area contributed by atoms with E-state index in [1.165, 1.54) is 31.5 Å². The second kappa shape index (κ2) is 13.2. The molecule has 0 aromatic heterocycles. The van der Waals surface area contributed by atoms with Gasteiger partial charge in [-0.2, -0.15) is 0 Å². The summed E-state index contributed by atoms with van der Waals surface area (Å²) < 4.78 is 5.02. The number of ether oxygens (including phenoxy) is 1. The molecule has 1 aliphatic heterocycles. The standard InChI is InChI=1S/C19H31BrClN3O2/c1-15(26-2)13-18(22)17(21)5-6-19(25)23-14-16-7-11-24(12-8-16)10-4-3-9-20/h5-6,13,16H,3-4,7-12,14,22H2,1-2H3,(H,23,25)/b6-5+,15-13+,18-17-. The Morgan fingerprint density at radius 3 is 2.65 bits per heavy atom. The maximum atomic E-state index is 12.0. The molecular weight excluding hydrogens is 418 g/mol. The number of carbonyl (C=O) groups is 1. The molecular formula is C19H31BrClN3O2. The van der Waals surface area contributed by atoms with Crippen molar-refractivity contribution in [2.45, 2.75) is 32.6 Å². The van der Waals surface area contributed by atoms with E-state index in [0.717, 1.165) is 31.3 Å². The molecule has 0 atom stereocenters. The first kappa shape index (κ1) is 23.1. The number of nitrogens with zero attached hydrogens (tertiary/aromatic N) is 1. The molecule has 0 spiro atoms. The summed E-state index contributed by atoms with van der Waals surface area (Å²) in [4.78, 5) is 14.5. The first-order valence-electron chi connectivity index (χ1n) is 9.08. The van der Waals surface area contributed by atoms with Crippen molar-refractivity contribution in [3.8, 4) is 0 Å². The number of hydrogen-bond donors (Lipinski definition) is 2. The highest BCUT2D eigenvalue weighted by Gasteiger charge is 2.18. The lowest BCUT2D eigenvalue weighted by Gasteiger charge is -2.31. The summed E-state index contributed by atoms with van der Waals surface area (Å²) in [7, 11) is 1.56. The number of unbranched alkanes of at least 4 members (excludes halogenated alkanes) is 1. The highest BCUT2D eigenvalue weighted by Crippen LogP contribution is 2.17. The molecule has 0 aliphatic carbocycles. The lowest BCUT2D eigenvalue weighted by Crippen LogP contribution is -2.38. The van der Waals surface area contributed by atoms with Gasteiger partial charge < -0.3 is 20.7 Å². The van der Waals surface area contributed by atoms with Crippen LogP contribution in [0.3, 0.4) is 0 Å². The predicted octanol–water partition coefficient (Wildman–Crippen LogP) is 3.51. The van der Waals surface area contributed by atoms with E-state index in [1.807, 2.05) is 0 Å². The fourth-order valence-corrected chi connectivity index (χ4v) is 3.25. The molecule has 1 heterocycles. The number of hydrogen-bond acceptors (Lipinski definition) is 4. The summed E-state index contributed by atoms with van der Waals surface area (Å²) in [6, 6.07) is 0. The summed E-state index contributed by atoms with van der Waals surface area (Å²) >= 11 is 9.54. The van der Waals surface area contributed by atoms with Crippen molar-refractivity contribution in [1.29, 1.82) is 0 Å². The highest BCUT2D eigenvalue weighted by molar-refractivity contribution is 9.09. The number of likely N-dealkylation sites (tertiary alicyclic amines) is 1. The number of nitrogens with two attached hydrogens (primary N) is 1. The minimum Gasteiger partial charge on any atom is -0.501 e. The Balaban J connectivity index is 2.31. The number of amides is 1. The summed E-state index contributed by atoms with van der Waals surface area (Å²) in [6.45, 7) is 5.90. The molecule has 0 unspecified atom stereocenters. The van der Waals surface area contributed by atoms with Crippen LogP contribution in [0.1, 0.15) is 32.6 Å². The molecule has 3 N–H and O–H groups in total. The fourth-order valence-electron chi connectivity index (χ4n) is 2.74. The van der Waals surface area contributed by atoms with Crippen LogP contribution >= 0.6 is 27.5 Å². The van der Waals surface area contributed by atoms with Crippen LogP contribution in [0.15, 0.2) is 34.7 Å². The van der Waals surface area contributed by atoms with Crippen molar-refractivity contribution in [2.75, 3.05) is 38.6 Å². The molecule has 1 saturated heterocycles. The van der Waals surface area contributed by atoms with Crippen molar-refractivity contribution < 1.29 is 9.53 Å². The van der Waals surface area contributed by atoms with Crippen LogP contribution in [-0.4, -0.2) is 49.4 Å². The van der Waals surface area contributed by atoms with Gasteiger partial charge >= 0.3 is 0 Å². The first-order valence-corrected chi connectivity index (χ1v) is 10.6. The molecule has 148 valence electrons. The lowest BCUT2D eigenvalue weighted by molar-refractivity contribution is -0.116. The fraction of sp³-hybridized carbons (Fsp3) is 0.632. The Hall–Kier alpha value is -0.980. The number of allylic oxidation sites excluding steroid dienone is 4. The van der Waals surface area contributed by atoms with E-state index in [1.54, 1.807) is 20.1 Å². The smallest absolute Gasteiger partial charge is 0.244 e. The van der Waals surface area contributed by atoms with Crippen LogP contribution in [0.25, 0.3) is 0 Å². The molecule has 0 aromatic rings. The monoisotopic (exact) mass is 447 g/mol. The number of rotatable bonds is 10. The van der Waals surface area contributed by atoms with Crippen LogP contribution in [-0.2, 0) is 9.53 Å². The molecule has 0 radical (unpaired) electrons. The van der Waals surface area contributed by atoms with Gasteiger partial charge in [-0.1, -0.05) is 27.5 Å². The second-order valence-electron chi connectivity index (χ2n) is 6.52. The molecule has 5 nitrogen and oxygen atoms in total. The Labute approximate surface area is 170 Å². The maximum Gasteiger partial charge on any atom is 0.244 e. The third-order valence-corrected chi connectivity index (χ3v) is 5.37. The molecule has 1 aliphatic rings. The summed E-state index contributed by atoms with van der Waals surface area (Å²) in [5.74, 6) is 1.04. The van der Waals surface area contributed by atoms with Gasteiger partial charge in [0.25, 0.3) is 0 Å². The van der Waals surface area contributed by atoms with Gasteiger partial charge in [0.15, 0.2) is 0 Å². The number of methoxy groups -OCH3 is 1. The third kappa shape index (κ3) is 9.64. The number of alkyl halides is 1. The Morgan fingerprint density at radius 2 is 2.04 bits per heavy atom.